The van der Waals surface area contributed by atoms with Crippen LogP contribution in [0.1, 0.15) is 20.3 Å². The Labute approximate surface area is 148 Å². The van der Waals surface area contributed by atoms with Crippen LogP contribution in [0.15, 0.2) is 44.4 Å². The summed E-state index contributed by atoms with van der Waals surface area (Å²) in [6, 6.07) is 5.24. The van der Waals surface area contributed by atoms with Crippen LogP contribution < -0.4 is 4.72 Å². The van der Waals surface area contributed by atoms with E-state index in [1.165, 1.54) is 38.2 Å². The lowest BCUT2D eigenvalue weighted by Gasteiger charge is -2.17. The largest absolute Gasteiger partial charge is 0.375 e. The molecule has 0 saturated carbocycles. The summed E-state index contributed by atoms with van der Waals surface area (Å²) in [5, 5.41) is 8.13. The maximum Gasteiger partial charge on any atom is 0.240 e. The third kappa shape index (κ3) is 6.11. The Morgan fingerprint density at radius 2 is 1.84 bits per heavy atom. The second-order valence-corrected chi connectivity index (χ2v) is 7.25. The first kappa shape index (κ1) is 21.1. The highest BCUT2D eigenvalue weighted by Gasteiger charge is 2.21. The number of ether oxygens (including phenoxy) is 1. The number of nitrogens with zero attached hydrogens (tertiary/aromatic N) is 3. The number of hydrogen-bond donors (Lipinski definition) is 1. The van der Waals surface area contributed by atoms with Crippen molar-refractivity contribution in [1.82, 2.24) is 4.72 Å². The maximum atomic E-state index is 11.8. The molecule has 138 valence electrons. The normalized spacial score (nSPS) is 15.3. The summed E-state index contributed by atoms with van der Waals surface area (Å²) in [7, 11) is 1.05. The van der Waals surface area contributed by atoms with Crippen LogP contribution in [0.25, 0.3) is 0 Å². The van der Waals surface area contributed by atoms with Crippen molar-refractivity contribution in [3.05, 3.63) is 24.3 Å². The zero-order chi connectivity index (χ0) is 19.0. The van der Waals surface area contributed by atoms with Crippen LogP contribution in [0, 0.1) is 0 Å². The number of carbonyl (C=O) groups is 1. The zero-order valence-corrected chi connectivity index (χ0v) is 15.9. The van der Waals surface area contributed by atoms with Gasteiger partial charge in [-0.3, -0.25) is 9.79 Å². The van der Waals surface area contributed by atoms with Crippen LogP contribution in [0.4, 0.5) is 5.69 Å². The van der Waals surface area contributed by atoms with E-state index < -0.39 is 16.1 Å². The Hall–Kier alpha value is -1.97. The van der Waals surface area contributed by atoms with Gasteiger partial charge in [-0.2, -0.15) is 10.2 Å². The van der Waals surface area contributed by atoms with Crippen LogP contribution in [-0.2, 0) is 19.6 Å². The van der Waals surface area contributed by atoms with Gasteiger partial charge >= 0.3 is 0 Å². The Kier molecular flexibility index (Phi) is 8.01. The summed E-state index contributed by atoms with van der Waals surface area (Å²) < 4.78 is 30.9. The van der Waals surface area contributed by atoms with Gasteiger partial charge in [0.05, 0.1) is 16.7 Å². The zero-order valence-electron chi connectivity index (χ0n) is 15.1. The number of ketones is 1. The van der Waals surface area contributed by atoms with Crippen molar-refractivity contribution in [2.45, 2.75) is 37.3 Å². The molecular weight excluding hydrogens is 344 g/mol. The van der Waals surface area contributed by atoms with Crippen molar-refractivity contribution in [2.24, 2.45) is 15.2 Å². The molecular formula is C16H24N4O4S. The van der Waals surface area contributed by atoms with Gasteiger partial charge in [0, 0.05) is 26.3 Å². The van der Waals surface area contributed by atoms with E-state index in [2.05, 4.69) is 19.9 Å². The minimum Gasteiger partial charge on any atom is -0.375 e. The minimum absolute atomic E-state index is 0.131. The fourth-order valence-corrected chi connectivity index (χ4v) is 2.75. The number of methoxy groups -OCH3 is 1. The summed E-state index contributed by atoms with van der Waals surface area (Å²) in [6.07, 6.45) is 0.0195. The molecule has 2 unspecified atom stereocenters. The molecule has 0 heterocycles. The molecule has 1 aromatic carbocycles. The summed E-state index contributed by atoms with van der Waals surface area (Å²) >= 11 is 0. The van der Waals surface area contributed by atoms with E-state index in [-0.39, 0.29) is 16.8 Å². The smallest absolute Gasteiger partial charge is 0.240 e. The molecule has 0 aliphatic heterocycles. The minimum atomic E-state index is -3.50. The van der Waals surface area contributed by atoms with Gasteiger partial charge < -0.3 is 4.74 Å². The first-order valence-electron chi connectivity index (χ1n) is 7.66. The molecule has 0 fully saturated rings. The van der Waals surface area contributed by atoms with Crippen LogP contribution in [0.3, 0.4) is 0 Å². The number of hydrogen-bond acceptors (Lipinski definition) is 7. The van der Waals surface area contributed by atoms with Crippen molar-refractivity contribution in [1.29, 1.82) is 0 Å². The van der Waals surface area contributed by atoms with Crippen molar-refractivity contribution < 1.29 is 17.9 Å². The molecule has 0 saturated heterocycles. The Morgan fingerprint density at radius 1 is 1.24 bits per heavy atom. The highest BCUT2D eigenvalue weighted by Crippen LogP contribution is 2.18. The molecule has 0 amide bonds. The molecule has 8 nitrogen and oxygen atoms in total. The van der Waals surface area contributed by atoms with Crippen molar-refractivity contribution in [2.75, 3.05) is 21.2 Å². The molecule has 0 aliphatic rings. The molecule has 1 aromatic rings. The van der Waals surface area contributed by atoms with Gasteiger partial charge in [-0.1, -0.05) is 0 Å². The number of nitrogens with one attached hydrogen (secondary N) is 1. The molecule has 1 N–H and O–H groups in total. The van der Waals surface area contributed by atoms with Crippen LogP contribution in [0.2, 0.25) is 0 Å². The van der Waals surface area contributed by atoms with E-state index in [0.29, 0.717) is 12.1 Å². The predicted octanol–water partition coefficient (Wildman–Crippen LogP) is 2.13. The lowest BCUT2D eigenvalue weighted by molar-refractivity contribution is -0.118. The van der Waals surface area contributed by atoms with Crippen molar-refractivity contribution >= 4 is 27.2 Å². The van der Waals surface area contributed by atoms with Gasteiger partial charge in [0.25, 0.3) is 0 Å². The van der Waals surface area contributed by atoms with Crippen LogP contribution in [0.5, 0.6) is 0 Å². The van der Waals surface area contributed by atoms with E-state index in [0.717, 1.165) is 5.71 Å². The fraction of sp³-hybridized carbons (Fsp3) is 0.500. The molecule has 2 atom stereocenters. The molecule has 0 radical (unpaired) electrons. The average Bonchev–Trinajstić information content (AvgIpc) is 2.61. The third-order valence-electron chi connectivity index (χ3n) is 3.74. The molecule has 1 rings (SSSR count). The average molecular weight is 368 g/mol. The number of Topliss-reactive ketones (excluding diaryl/α,β-unsaturated/α-hetero) is 1. The number of benzene rings is 1. The molecule has 25 heavy (non-hydrogen) atoms. The van der Waals surface area contributed by atoms with Crippen molar-refractivity contribution in [3.63, 3.8) is 0 Å². The molecule has 0 spiro atoms. The summed E-state index contributed by atoms with van der Waals surface area (Å²) in [6.45, 7) is 3.26. The maximum absolute atomic E-state index is 11.8. The van der Waals surface area contributed by atoms with Crippen LogP contribution >= 0.6 is 0 Å². The second kappa shape index (κ2) is 9.50. The number of aliphatic imine (C=N–C) groups is 1. The second-order valence-electron chi connectivity index (χ2n) is 5.37. The van der Waals surface area contributed by atoms with E-state index in [9.17, 15) is 13.2 Å². The summed E-state index contributed by atoms with van der Waals surface area (Å²) in [5.41, 5.74) is 1.22. The monoisotopic (exact) mass is 368 g/mol. The number of rotatable bonds is 9. The molecule has 0 aromatic heterocycles. The molecule has 0 aliphatic carbocycles. The predicted molar refractivity (Wildman–Crippen MR) is 96.1 cm³/mol. The fourth-order valence-electron chi connectivity index (χ4n) is 2.02. The number of carbonyl (C=O) groups excluding carboxylic acids is 1. The summed E-state index contributed by atoms with van der Waals surface area (Å²) in [5.74, 6) is -0.135. The first-order valence-corrected chi connectivity index (χ1v) is 9.14. The van der Waals surface area contributed by atoms with Crippen molar-refractivity contribution in [3.8, 4) is 0 Å². The van der Waals surface area contributed by atoms with Gasteiger partial charge in [0.2, 0.25) is 10.0 Å². The first-order chi connectivity index (χ1) is 11.7. The Balaban J connectivity index is 2.93. The third-order valence-corrected chi connectivity index (χ3v) is 5.17. The van der Waals surface area contributed by atoms with E-state index in [4.69, 9.17) is 4.74 Å². The standard InChI is InChI=1S/C16H24N4O4S/c1-11(17-3)16(24-5)10-15(12(2)21)20-19-13-6-8-14(9-7-13)25(22,23)18-4/h6-9,15-16,18H,10H2,1-5H3. The van der Waals surface area contributed by atoms with Crippen LogP contribution in [-0.4, -0.2) is 53.3 Å². The van der Waals surface area contributed by atoms with E-state index in [1.807, 2.05) is 6.92 Å². The van der Waals surface area contributed by atoms with Gasteiger partial charge in [-0.05, 0) is 45.2 Å². The Morgan fingerprint density at radius 3 is 2.28 bits per heavy atom. The quantitative estimate of drug-likeness (QED) is 0.532. The lowest BCUT2D eigenvalue weighted by Crippen LogP contribution is -2.28. The molecule has 9 heteroatoms. The van der Waals surface area contributed by atoms with E-state index in [1.54, 1.807) is 14.2 Å². The lowest BCUT2D eigenvalue weighted by atomic mass is 10.0. The van der Waals surface area contributed by atoms with Gasteiger partial charge in [-0.15, -0.1) is 0 Å². The topological polar surface area (TPSA) is 110 Å². The number of azo groups is 1. The van der Waals surface area contributed by atoms with Gasteiger partial charge in [0.1, 0.15) is 6.04 Å². The van der Waals surface area contributed by atoms with E-state index >= 15 is 0 Å². The summed E-state index contributed by atoms with van der Waals surface area (Å²) in [4.78, 5) is 16.0. The molecule has 0 bridgehead atoms. The van der Waals surface area contributed by atoms with Gasteiger partial charge in [0.15, 0.2) is 5.78 Å². The highest BCUT2D eigenvalue weighted by atomic mass is 32.2. The Bertz CT molecular complexity index is 742. The van der Waals surface area contributed by atoms with Gasteiger partial charge in [-0.25, -0.2) is 13.1 Å². The SMILES string of the molecule is CN=C(C)C(CC(N=Nc1ccc(S(=O)(=O)NC)cc1)C(C)=O)OC. The number of sulfonamides is 1. The highest BCUT2D eigenvalue weighted by molar-refractivity contribution is 7.89.